The van der Waals surface area contributed by atoms with Gasteiger partial charge >= 0.3 is 5.97 Å². The molecular weight excluding hydrogens is 458 g/mol. The van der Waals surface area contributed by atoms with Crippen LogP contribution in [0.25, 0.3) is 11.4 Å². The molecule has 1 saturated heterocycles. The van der Waals surface area contributed by atoms with Crippen LogP contribution in [-0.2, 0) is 16.1 Å². The van der Waals surface area contributed by atoms with Crippen LogP contribution < -0.4 is 9.47 Å². The van der Waals surface area contributed by atoms with Crippen molar-refractivity contribution in [2.45, 2.75) is 24.3 Å². The van der Waals surface area contributed by atoms with Crippen LogP contribution in [-0.4, -0.2) is 60.0 Å². The number of carbonyl (C=O) groups is 2. The Morgan fingerprint density at radius 1 is 1.09 bits per heavy atom. The standard InChI is InChI=1S/C24H25N3O6S/c1-30-16-9-10-17(19(13-16)31-2)23-25-21(33-26-23)14-32-24(29)18-7-3-4-8-20(18)34-15-22(28)27-11-5-6-12-27/h3-4,7-10,13H,5-6,11-12,14-15H2,1-2H3. The van der Waals surface area contributed by atoms with Crippen LogP contribution in [0.3, 0.4) is 0 Å². The minimum atomic E-state index is -0.529. The number of rotatable bonds is 9. The molecule has 178 valence electrons. The molecule has 0 N–H and O–H groups in total. The number of nitrogens with zero attached hydrogens (tertiary/aromatic N) is 3. The Hall–Kier alpha value is -3.53. The maximum atomic E-state index is 12.7. The Morgan fingerprint density at radius 3 is 2.65 bits per heavy atom. The Labute approximate surface area is 201 Å². The fraction of sp³-hybridized carbons (Fsp3) is 0.333. The Balaban J connectivity index is 1.38. The van der Waals surface area contributed by atoms with Gasteiger partial charge in [-0.3, -0.25) is 4.79 Å². The maximum Gasteiger partial charge on any atom is 0.339 e. The zero-order valence-corrected chi connectivity index (χ0v) is 19.8. The molecule has 0 spiro atoms. The van der Waals surface area contributed by atoms with Gasteiger partial charge in [0.25, 0.3) is 5.89 Å². The predicted octanol–water partition coefficient (Wildman–Crippen LogP) is 3.83. The van der Waals surface area contributed by atoms with Crippen molar-refractivity contribution in [3.63, 3.8) is 0 Å². The quantitative estimate of drug-likeness (QED) is 0.332. The molecule has 0 saturated carbocycles. The molecule has 1 aliphatic heterocycles. The molecule has 1 aliphatic rings. The number of ether oxygens (including phenoxy) is 3. The first kappa shape index (κ1) is 23.6. The molecule has 2 aromatic carbocycles. The van der Waals surface area contributed by atoms with Crippen LogP contribution in [0.1, 0.15) is 29.1 Å². The van der Waals surface area contributed by atoms with Gasteiger partial charge < -0.3 is 23.6 Å². The Morgan fingerprint density at radius 2 is 1.88 bits per heavy atom. The van der Waals surface area contributed by atoms with Gasteiger partial charge in [-0.1, -0.05) is 17.3 Å². The second kappa shape index (κ2) is 11.1. The van der Waals surface area contributed by atoms with Crippen LogP contribution in [0.2, 0.25) is 0 Å². The minimum absolute atomic E-state index is 0.0815. The van der Waals surface area contributed by atoms with E-state index in [9.17, 15) is 9.59 Å². The highest BCUT2D eigenvalue weighted by Gasteiger charge is 2.20. The number of amides is 1. The summed E-state index contributed by atoms with van der Waals surface area (Å²) in [5, 5.41) is 3.96. The molecule has 0 radical (unpaired) electrons. The first-order valence-corrected chi connectivity index (χ1v) is 11.8. The molecule has 0 aliphatic carbocycles. The Kier molecular flexibility index (Phi) is 7.69. The second-order valence-electron chi connectivity index (χ2n) is 7.53. The van der Waals surface area contributed by atoms with E-state index in [0.717, 1.165) is 25.9 Å². The molecule has 1 aromatic heterocycles. The van der Waals surface area contributed by atoms with Crippen molar-refractivity contribution in [1.82, 2.24) is 15.0 Å². The monoisotopic (exact) mass is 483 g/mol. The maximum absolute atomic E-state index is 12.7. The molecule has 0 atom stereocenters. The third-order valence-electron chi connectivity index (χ3n) is 5.36. The van der Waals surface area contributed by atoms with Crippen LogP contribution in [0, 0.1) is 0 Å². The van der Waals surface area contributed by atoms with Crippen molar-refractivity contribution < 1.29 is 28.3 Å². The topological polar surface area (TPSA) is 104 Å². The number of benzene rings is 2. The van der Waals surface area contributed by atoms with Gasteiger partial charge in [0.05, 0.1) is 31.1 Å². The number of aromatic nitrogens is 2. The van der Waals surface area contributed by atoms with Gasteiger partial charge in [-0.05, 0) is 37.1 Å². The van der Waals surface area contributed by atoms with E-state index in [1.807, 2.05) is 11.0 Å². The number of hydrogen-bond donors (Lipinski definition) is 0. The zero-order chi connectivity index (χ0) is 23.9. The van der Waals surface area contributed by atoms with Crippen molar-refractivity contribution in [1.29, 1.82) is 0 Å². The summed E-state index contributed by atoms with van der Waals surface area (Å²) in [4.78, 5) is 31.9. The number of carbonyl (C=O) groups excluding carboxylic acids is 2. The highest BCUT2D eigenvalue weighted by molar-refractivity contribution is 8.00. The number of methoxy groups -OCH3 is 2. The number of likely N-dealkylation sites (tertiary alicyclic amines) is 1. The van der Waals surface area contributed by atoms with E-state index in [-0.39, 0.29) is 24.2 Å². The average molecular weight is 484 g/mol. The summed E-state index contributed by atoms with van der Waals surface area (Å²) in [6.07, 6.45) is 2.09. The van der Waals surface area contributed by atoms with Crippen LogP contribution in [0.5, 0.6) is 11.5 Å². The molecule has 10 heteroatoms. The highest BCUT2D eigenvalue weighted by atomic mass is 32.2. The van der Waals surface area contributed by atoms with Crippen molar-refractivity contribution in [2.24, 2.45) is 0 Å². The van der Waals surface area contributed by atoms with Crippen molar-refractivity contribution in [3.8, 4) is 22.9 Å². The lowest BCUT2D eigenvalue weighted by atomic mass is 10.2. The SMILES string of the molecule is COc1ccc(-c2noc(COC(=O)c3ccccc3SCC(=O)N3CCCC3)n2)c(OC)c1. The predicted molar refractivity (Wildman–Crippen MR) is 125 cm³/mol. The highest BCUT2D eigenvalue weighted by Crippen LogP contribution is 2.31. The summed E-state index contributed by atoms with van der Waals surface area (Å²) in [6, 6.07) is 12.3. The minimum Gasteiger partial charge on any atom is -0.497 e. The fourth-order valence-corrected chi connectivity index (χ4v) is 4.51. The molecule has 1 amide bonds. The third-order valence-corrected chi connectivity index (χ3v) is 6.42. The van der Waals surface area contributed by atoms with Crippen molar-refractivity contribution >= 4 is 23.6 Å². The smallest absolute Gasteiger partial charge is 0.339 e. The fourth-order valence-electron chi connectivity index (χ4n) is 3.57. The number of esters is 1. The zero-order valence-electron chi connectivity index (χ0n) is 19.0. The molecule has 9 nitrogen and oxygen atoms in total. The van der Waals surface area contributed by atoms with E-state index in [4.69, 9.17) is 18.7 Å². The molecule has 2 heterocycles. The lowest BCUT2D eigenvalue weighted by molar-refractivity contribution is -0.127. The van der Waals surface area contributed by atoms with Gasteiger partial charge in [-0.2, -0.15) is 4.98 Å². The summed E-state index contributed by atoms with van der Waals surface area (Å²) in [7, 11) is 3.10. The van der Waals surface area contributed by atoms with Crippen LogP contribution in [0.15, 0.2) is 51.9 Å². The molecule has 0 bridgehead atoms. The largest absolute Gasteiger partial charge is 0.497 e. The first-order chi connectivity index (χ1) is 16.6. The van der Waals surface area contributed by atoms with Crippen molar-refractivity contribution in [3.05, 3.63) is 53.9 Å². The molecule has 0 unspecified atom stereocenters. The molecule has 34 heavy (non-hydrogen) atoms. The summed E-state index contributed by atoms with van der Waals surface area (Å²) >= 11 is 1.33. The van der Waals surface area contributed by atoms with E-state index in [1.54, 1.807) is 43.5 Å². The normalized spacial score (nSPS) is 13.1. The first-order valence-electron chi connectivity index (χ1n) is 10.8. The summed E-state index contributed by atoms with van der Waals surface area (Å²) in [5.74, 6) is 1.45. The van der Waals surface area contributed by atoms with Gasteiger partial charge in [0.1, 0.15) is 11.5 Å². The summed E-state index contributed by atoms with van der Waals surface area (Å²) in [5.41, 5.74) is 1.01. The van der Waals surface area contributed by atoms with Crippen LogP contribution in [0.4, 0.5) is 0 Å². The summed E-state index contributed by atoms with van der Waals surface area (Å²) in [6.45, 7) is 1.42. The van der Waals surface area contributed by atoms with Gasteiger partial charge in [0.15, 0.2) is 6.61 Å². The lowest BCUT2D eigenvalue weighted by Crippen LogP contribution is -2.29. The van der Waals surface area contributed by atoms with Gasteiger partial charge in [-0.15, -0.1) is 11.8 Å². The molecule has 1 fully saturated rings. The van der Waals surface area contributed by atoms with E-state index >= 15 is 0 Å². The second-order valence-corrected chi connectivity index (χ2v) is 8.54. The summed E-state index contributed by atoms with van der Waals surface area (Å²) < 4.78 is 21.2. The van der Waals surface area contributed by atoms with E-state index in [0.29, 0.717) is 33.3 Å². The molecular formula is C24H25N3O6S. The average Bonchev–Trinajstić information content (AvgIpc) is 3.58. The molecule has 3 aromatic rings. The number of hydrogen-bond acceptors (Lipinski definition) is 9. The van der Waals surface area contributed by atoms with Crippen LogP contribution >= 0.6 is 11.8 Å². The number of thioether (sulfide) groups is 1. The van der Waals surface area contributed by atoms with E-state index in [1.165, 1.54) is 18.9 Å². The van der Waals surface area contributed by atoms with Gasteiger partial charge in [0.2, 0.25) is 11.7 Å². The van der Waals surface area contributed by atoms with E-state index < -0.39 is 5.97 Å². The van der Waals surface area contributed by atoms with E-state index in [2.05, 4.69) is 10.1 Å². The molecule has 4 rings (SSSR count). The van der Waals surface area contributed by atoms with Gasteiger partial charge in [0, 0.05) is 24.1 Å². The van der Waals surface area contributed by atoms with Gasteiger partial charge in [-0.25, -0.2) is 4.79 Å². The third kappa shape index (κ3) is 5.51. The Bertz CT molecular complexity index is 1160. The van der Waals surface area contributed by atoms with Crippen molar-refractivity contribution in [2.75, 3.05) is 33.1 Å². The lowest BCUT2D eigenvalue weighted by Gasteiger charge is -2.15.